The Kier molecular flexibility index (Phi) is 4.51. The molecule has 0 radical (unpaired) electrons. The maximum Gasteiger partial charge on any atom is 0.171 e. The number of benzene rings is 1. The van der Waals surface area contributed by atoms with Gasteiger partial charge in [0.15, 0.2) is 11.4 Å². The Morgan fingerprint density at radius 2 is 2.07 bits per heavy atom. The second kappa shape index (κ2) is 7.34. The fourth-order valence-corrected chi connectivity index (χ4v) is 3.72. The van der Waals surface area contributed by atoms with E-state index in [1.165, 1.54) is 0 Å². The molecular formula is C21H12Cl2N6O. The summed E-state index contributed by atoms with van der Waals surface area (Å²) in [6.07, 6.45) is 5.74. The SMILES string of the molecule is N#Cc1cc(Cl)cc(Oc2c(Cl)ccn3c(Cc4n[nH]c5ncccc45)ncc23)c1. The van der Waals surface area contributed by atoms with Crippen LogP contribution in [-0.2, 0) is 6.42 Å². The number of nitrogens with zero attached hydrogens (tertiary/aromatic N) is 5. The monoisotopic (exact) mass is 434 g/mol. The summed E-state index contributed by atoms with van der Waals surface area (Å²) >= 11 is 12.5. The van der Waals surface area contributed by atoms with E-state index in [0.717, 1.165) is 22.6 Å². The molecule has 5 aromatic rings. The third-order valence-electron chi connectivity index (χ3n) is 4.65. The van der Waals surface area contributed by atoms with E-state index in [4.69, 9.17) is 33.2 Å². The highest BCUT2D eigenvalue weighted by Gasteiger charge is 2.16. The van der Waals surface area contributed by atoms with Crippen molar-refractivity contribution in [2.24, 2.45) is 0 Å². The molecule has 0 aliphatic carbocycles. The van der Waals surface area contributed by atoms with Crippen LogP contribution in [0.3, 0.4) is 0 Å². The highest BCUT2D eigenvalue weighted by atomic mass is 35.5. The van der Waals surface area contributed by atoms with Gasteiger partial charge in [-0.3, -0.25) is 9.50 Å². The Morgan fingerprint density at radius 1 is 1.17 bits per heavy atom. The Bertz CT molecular complexity index is 1450. The van der Waals surface area contributed by atoms with Gasteiger partial charge in [-0.15, -0.1) is 0 Å². The predicted octanol–water partition coefficient (Wildman–Crippen LogP) is 5.17. The summed E-state index contributed by atoms with van der Waals surface area (Å²) in [5, 5.41) is 18.2. The van der Waals surface area contributed by atoms with Gasteiger partial charge in [0.1, 0.15) is 17.1 Å². The second-order valence-electron chi connectivity index (χ2n) is 6.56. The molecule has 0 bridgehead atoms. The van der Waals surface area contributed by atoms with Crippen molar-refractivity contribution in [1.82, 2.24) is 24.6 Å². The van der Waals surface area contributed by atoms with Crippen molar-refractivity contribution in [3.05, 3.63) is 82.1 Å². The van der Waals surface area contributed by atoms with E-state index in [-0.39, 0.29) is 0 Å². The molecule has 0 unspecified atom stereocenters. The van der Waals surface area contributed by atoms with Gasteiger partial charge in [-0.05, 0) is 36.4 Å². The Labute approximate surface area is 180 Å². The number of ether oxygens (including phenoxy) is 1. The largest absolute Gasteiger partial charge is 0.453 e. The maximum atomic E-state index is 9.16. The molecule has 146 valence electrons. The lowest BCUT2D eigenvalue weighted by molar-refractivity contribution is 0.486. The number of nitriles is 1. The third kappa shape index (κ3) is 3.22. The topological polar surface area (TPSA) is 91.9 Å². The van der Waals surface area contributed by atoms with Gasteiger partial charge < -0.3 is 4.74 Å². The van der Waals surface area contributed by atoms with E-state index in [9.17, 15) is 0 Å². The fraction of sp³-hybridized carbons (Fsp3) is 0.0476. The van der Waals surface area contributed by atoms with Crippen LogP contribution in [0.4, 0.5) is 0 Å². The van der Waals surface area contributed by atoms with Crippen LogP contribution in [0.5, 0.6) is 11.5 Å². The van der Waals surface area contributed by atoms with Gasteiger partial charge in [0.25, 0.3) is 0 Å². The summed E-state index contributed by atoms with van der Waals surface area (Å²) in [4.78, 5) is 8.81. The summed E-state index contributed by atoms with van der Waals surface area (Å²) < 4.78 is 7.90. The first-order valence-electron chi connectivity index (χ1n) is 8.93. The van der Waals surface area contributed by atoms with Gasteiger partial charge >= 0.3 is 0 Å². The first-order chi connectivity index (χ1) is 14.6. The molecule has 7 nitrogen and oxygen atoms in total. The Balaban J connectivity index is 1.55. The standard InChI is InChI=1S/C21H12Cl2N6O/c22-13-6-12(10-24)7-14(8-13)30-20-16(23)3-5-29-18(20)11-26-19(29)9-17-15-2-1-4-25-21(15)28-27-17/h1-8,11H,9H2,(H,25,27,28). The lowest BCUT2D eigenvalue weighted by Gasteiger charge is -2.11. The van der Waals surface area contributed by atoms with Crippen molar-refractivity contribution >= 4 is 39.8 Å². The molecule has 0 spiro atoms. The van der Waals surface area contributed by atoms with E-state index >= 15 is 0 Å². The van der Waals surface area contributed by atoms with Crippen LogP contribution >= 0.6 is 23.2 Å². The smallest absolute Gasteiger partial charge is 0.171 e. The molecule has 0 aliphatic heterocycles. The number of H-pyrrole nitrogens is 1. The van der Waals surface area contributed by atoms with Gasteiger partial charge in [0.05, 0.1) is 35.0 Å². The van der Waals surface area contributed by atoms with Crippen molar-refractivity contribution in [3.63, 3.8) is 0 Å². The number of aromatic amines is 1. The van der Waals surface area contributed by atoms with Crippen LogP contribution in [0.15, 0.2) is 55.0 Å². The first kappa shape index (κ1) is 18.4. The fourth-order valence-electron chi connectivity index (χ4n) is 3.30. The maximum absolute atomic E-state index is 9.16. The number of nitrogens with one attached hydrogen (secondary N) is 1. The number of fused-ring (bicyclic) bond motifs is 2. The van der Waals surface area contributed by atoms with Gasteiger partial charge in [0.2, 0.25) is 0 Å². The van der Waals surface area contributed by atoms with Crippen LogP contribution in [0, 0.1) is 11.3 Å². The summed E-state index contributed by atoms with van der Waals surface area (Å²) in [7, 11) is 0. The Hall–Kier alpha value is -3.60. The van der Waals surface area contributed by atoms with Crippen LogP contribution in [0.1, 0.15) is 17.1 Å². The molecule has 0 aliphatic rings. The van der Waals surface area contributed by atoms with E-state index in [1.54, 1.807) is 36.7 Å². The molecule has 0 saturated heterocycles. The molecule has 4 heterocycles. The minimum absolute atomic E-state index is 0.397. The number of aromatic nitrogens is 5. The van der Waals surface area contributed by atoms with Crippen molar-refractivity contribution in [3.8, 4) is 17.6 Å². The highest BCUT2D eigenvalue weighted by molar-refractivity contribution is 6.32. The average Bonchev–Trinajstić information content (AvgIpc) is 3.34. The zero-order valence-electron chi connectivity index (χ0n) is 15.3. The van der Waals surface area contributed by atoms with E-state index in [1.807, 2.05) is 22.7 Å². The molecule has 1 N–H and O–H groups in total. The molecule has 5 rings (SSSR count). The lowest BCUT2D eigenvalue weighted by atomic mass is 10.2. The quantitative estimate of drug-likeness (QED) is 0.421. The van der Waals surface area contributed by atoms with Crippen molar-refractivity contribution in [1.29, 1.82) is 5.26 Å². The number of hydrogen-bond acceptors (Lipinski definition) is 5. The predicted molar refractivity (Wildman–Crippen MR) is 113 cm³/mol. The number of rotatable bonds is 4. The molecule has 0 saturated carbocycles. The van der Waals surface area contributed by atoms with Crippen molar-refractivity contribution in [2.75, 3.05) is 0 Å². The first-order valence-corrected chi connectivity index (χ1v) is 9.69. The normalized spacial score (nSPS) is 11.1. The zero-order valence-corrected chi connectivity index (χ0v) is 16.8. The molecule has 0 fully saturated rings. The number of imidazole rings is 1. The van der Waals surface area contributed by atoms with E-state index in [0.29, 0.717) is 39.0 Å². The number of pyridine rings is 2. The van der Waals surface area contributed by atoms with Crippen molar-refractivity contribution < 1.29 is 4.74 Å². The summed E-state index contributed by atoms with van der Waals surface area (Å²) in [6.45, 7) is 0. The summed E-state index contributed by atoms with van der Waals surface area (Å²) in [5.74, 6) is 1.62. The molecule has 1 aromatic carbocycles. The molecular weight excluding hydrogens is 423 g/mol. The van der Waals surface area contributed by atoms with Crippen LogP contribution in [-0.4, -0.2) is 24.6 Å². The lowest BCUT2D eigenvalue weighted by Crippen LogP contribution is -1.98. The third-order valence-corrected chi connectivity index (χ3v) is 5.17. The molecule has 30 heavy (non-hydrogen) atoms. The average molecular weight is 435 g/mol. The van der Waals surface area contributed by atoms with Crippen LogP contribution in [0.2, 0.25) is 10.0 Å². The molecule has 0 amide bonds. The zero-order chi connectivity index (χ0) is 20.7. The molecule has 0 atom stereocenters. The minimum atomic E-state index is 0.397. The van der Waals surface area contributed by atoms with Crippen LogP contribution in [0.25, 0.3) is 16.6 Å². The molecule has 9 heteroatoms. The number of halogens is 2. The van der Waals surface area contributed by atoms with Gasteiger partial charge in [-0.25, -0.2) is 9.97 Å². The van der Waals surface area contributed by atoms with Gasteiger partial charge in [-0.2, -0.15) is 10.4 Å². The summed E-state index contributed by atoms with van der Waals surface area (Å²) in [5.41, 5.74) is 2.66. The van der Waals surface area contributed by atoms with Gasteiger partial charge in [0, 0.05) is 22.8 Å². The second-order valence-corrected chi connectivity index (χ2v) is 7.40. The Morgan fingerprint density at radius 3 is 2.93 bits per heavy atom. The van der Waals surface area contributed by atoms with E-state index < -0.39 is 0 Å². The minimum Gasteiger partial charge on any atom is -0.453 e. The van der Waals surface area contributed by atoms with Crippen LogP contribution < -0.4 is 4.74 Å². The number of hydrogen-bond donors (Lipinski definition) is 1. The van der Waals surface area contributed by atoms with Crippen molar-refractivity contribution in [2.45, 2.75) is 6.42 Å². The molecule has 4 aromatic heterocycles. The summed E-state index contributed by atoms with van der Waals surface area (Å²) in [6, 6.07) is 12.4. The van der Waals surface area contributed by atoms with E-state index in [2.05, 4.69) is 26.2 Å². The van der Waals surface area contributed by atoms with Gasteiger partial charge in [-0.1, -0.05) is 23.2 Å². The highest BCUT2D eigenvalue weighted by Crippen LogP contribution is 2.35.